The lowest BCUT2D eigenvalue weighted by Gasteiger charge is -2.43. The minimum Gasteiger partial charge on any atom is -0.379 e. The molecule has 1 aromatic carbocycles. The molecule has 3 heterocycles. The Hall–Kier alpha value is -1.44. The van der Waals surface area contributed by atoms with Crippen molar-refractivity contribution >= 4 is 29.2 Å². The number of anilines is 2. The Morgan fingerprint density at radius 2 is 1.89 bits per heavy atom. The highest BCUT2D eigenvalue weighted by Crippen LogP contribution is 2.34. The van der Waals surface area contributed by atoms with Gasteiger partial charge >= 0.3 is 6.03 Å². The molecule has 3 aliphatic rings. The molecule has 4 rings (SSSR count). The molecule has 7 heteroatoms. The van der Waals surface area contributed by atoms with Crippen LogP contribution in [0.25, 0.3) is 0 Å². The molecule has 3 saturated heterocycles. The number of benzene rings is 1. The maximum absolute atomic E-state index is 12.7. The van der Waals surface area contributed by atoms with E-state index >= 15 is 0 Å². The monoisotopic (exact) mass is 404 g/mol. The minimum atomic E-state index is -0.103. The minimum absolute atomic E-state index is 0.0676. The number of hydrogen-bond acceptors (Lipinski definition) is 5. The second-order valence-electron chi connectivity index (χ2n) is 8.00. The number of hydrogen-bond donors (Lipinski definition) is 2. The number of rotatable bonds is 5. The molecular formula is C21H32N4O2S. The van der Waals surface area contributed by atoms with E-state index in [0.717, 1.165) is 62.9 Å². The van der Waals surface area contributed by atoms with Crippen LogP contribution in [0.5, 0.6) is 0 Å². The summed E-state index contributed by atoms with van der Waals surface area (Å²) >= 11 is 1.99. The van der Waals surface area contributed by atoms with E-state index < -0.39 is 0 Å². The number of piperidine rings is 1. The summed E-state index contributed by atoms with van der Waals surface area (Å²) in [6.45, 7) is 6.33. The Morgan fingerprint density at radius 1 is 1.11 bits per heavy atom. The Labute approximate surface area is 172 Å². The zero-order valence-corrected chi connectivity index (χ0v) is 17.4. The fourth-order valence-electron chi connectivity index (χ4n) is 4.54. The fraction of sp³-hybridized carbons (Fsp3) is 0.667. The molecule has 0 saturated carbocycles. The van der Waals surface area contributed by atoms with Crippen molar-refractivity contribution in [1.29, 1.82) is 0 Å². The molecular weight excluding hydrogens is 372 g/mol. The molecule has 2 amide bonds. The van der Waals surface area contributed by atoms with E-state index in [4.69, 9.17) is 4.74 Å². The van der Waals surface area contributed by atoms with Gasteiger partial charge in [0.1, 0.15) is 0 Å². The predicted molar refractivity (Wildman–Crippen MR) is 117 cm³/mol. The maximum Gasteiger partial charge on any atom is 0.319 e. The van der Waals surface area contributed by atoms with Crippen molar-refractivity contribution < 1.29 is 9.53 Å². The van der Waals surface area contributed by atoms with E-state index in [0.29, 0.717) is 6.54 Å². The van der Waals surface area contributed by atoms with E-state index in [-0.39, 0.29) is 11.6 Å². The van der Waals surface area contributed by atoms with Crippen molar-refractivity contribution in [3.8, 4) is 0 Å². The van der Waals surface area contributed by atoms with Gasteiger partial charge in [-0.3, -0.25) is 4.90 Å². The Balaban J connectivity index is 1.38. The van der Waals surface area contributed by atoms with Crippen LogP contribution < -0.4 is 15.5 Å². The van der Waals surface area contributed by atoms with Gasteiger partial charge in [0.05, 0.1) is 24.6 Å². The van der Waals surface area contributed by atoms with Crippen LogP contribution in [0.3, 0.4) is 0 Å². The van der Waals surface area contributed by atoms with Gasteiger partial charge in [-0.05, 0) is 43.6 Å². The van der Waals surface area contributed by atoms with Crippen LogP contribution in [-0.4, -0.2) is 73.9 Å². The molecule has 0 aliphatic carbocycles. The van der Waals surface area contributed by atoms with Crippen LogP contribution in [0.15, 0.2) is 24.3 Å². The van der Waals surface area contributed by atoms with Crippen LogP contribution >= 0.6 is 11.8 Å². The lowest BCUT2D eigenvalue weighted by molar-refractivity contribution is -0.0123. The molecule has 0 bridgehead atoms. The van der Waals surface area contributed by atoms with Gasteiger partial charge in [-0.15, -0.1) is 0 Å². The van der Waals surface area contributed by atoms with E-state index in [1.807, 2.05) is 23.9 Å². The van der Waals surface area contributed by atoms with Gasteiger partial charge in [-0.1, -0.05) is 12.1 Å². The van der Waals surface area contributed by atoms with Crippen molar-refractivity contribution in [2.75, 3.05) is 67.7 Å². The Kier molecular flexibility index (Phi) is 6.65. The SMILES string of the molecule is O=C(NC[C@]1(N2CCOCC2)CCSC1)Nc1ccccc1N1CCCCC1. The number of ether oxygens (including phenoxy) is 1. The lowest BCUT2D eigenvalue weighted by Crippen LogP contribution is -2.59. The molecule has 1 aromatic rings. The molecule has 0 radical (unpaired) electrons. The van der Waals surface area contributed by atoms with Crippen LogP contribution in [0.4, 0.5) is 16.2 Å². The summed E-state index contributed by atoms with van der Waals surface area (Å²) < 4.78 is 5.53. The Morgan fingerprint density at radius 3 is 2.64 bits per heavy atom. The third-order valence-electron chi connectivity index (χ3n) is 6.19. The van der Waals surface area contributed by atoms with Crippen LogP contribution in [0.2, 0.25) is 0 Å². The van der Waals surface area contributed by atoms with Gasteiger partial charge in [0.15, 0.2) is 0 Å². The first-order valence-corrected chi connectivity index (χ1v) is 11.7. The highest BCUT2D eigenvalue weighted by molar-refractivity contribution is 7.99. The number of nitrogens with zero attached hydrogens (tertiary/aromatic N) is 2. The van der Waals surface area contributed by atoms with Crippen molar-refractivity contribution in [3.05, 3.63) is 24.3 Å². The molecule has 0 aromatic heterocycles. The third-order valence-corrected chi connectivity index (χ3v) is 7.43. The topological polar surface area (TPSA) is 56.8 Å². The molecule has 3 fully saturated rings. The summed E-state index contributed by atoms with van der Waals surface area (Å²) in [7, 11) is 0. The average molecular weight is 405 g/mol. The predicted octanol–water partition coefficient (Wildman–Crippen LogP) is 3.01. The van der Waals surface area contributed by atoms with Crippen LogP contribution in [-0.2, 0) is 4.74 Å². The largest absolute Gasteiger partial charge is 0.379 e. The number of para-hydroxylation sites is 2. The number of thioether (sulfide) groups is 1. The van der Waals surface area contributed by atoms with Crippen molar-refractivity contribution in [2.24, 2.45) is 0 Å². The highest BCUT2D eigenvalue weighted by Gasteiger charge is 2.40. The molecule has 154 valence electrons. The van der Waals surface area contributed by atoms with Crippen molar-refractivity contribution in [1.82, 2.24) is 10.2 Å². The first-order chi connectivity index (χ1) is 13.8. The van der Waals surface area contributed by atoms with E-state index in [2.05, 4.69) is 32.6 Å². The molecule has 28 heavy (non-hydrogen) atoms. The van der Waals surface area contributed by atoms with Crippen LogP contribution in [0.1, 0.15) is 25.7 Å². The zero-order chi connectivity index (χ0) is 19.2. The van der Waals surface area contributed by atoms with Crippen molar-refractivity contribution in [3.63, 3.8) is 0 Å². The lowest BCUT2D eigenvalue weighted by atomic mass is 9.95. The van der Waals surface area contributed by atoms with E-state index in [9.17, 15) is 4.79 Å². The molecule has 3 aliphatic heterocycles. The van der Waals surface area contributed by atoms with Gasteiger partial charge in [-0.25, -0.2) is 4.79 Å². The second kappa shape index (κ2) is 9.37. The van der Waals surface area contributed by atoms with Crippen molar-refractivity contribution in [2.45, 2.75) is 31.2 Å². The number of nitrogens with one attached hydrogen (secondary N) is 2. The molecule has 2 N–H and O–H groups in total. The summed E-state index contributed by atoms with van der Waals surface area (Å²) in [6, 6.07) is 8.06. The summed E-state index contributed by atoms with van der Waals surface area (Å²) in [5.74, 6) is 2.25. The standard InChI is InChI=1S/C21H32N4O2S/c26-20(22-16-21(8-15-28-17-21)25-11-13-27-14-12-25)23-18-6-2-3-7-19(18)24-9-4-1-5-10-24/h2-3,6-7H,1,4-5,8-17H2,(H2,22,23,26)/t21-/m1/s1. The maximum atomic E-state index is 12.7. The third kappa shape index (κ3) is 4.58. The van der Waals surface area contributed by atoms with Crippen LogP contribution in [0, 0.1) is 0 Å². The normalized spacial score (nSPS) is 26.2. The summed E-state index contributed by atoms with van der Waals surface area (Å²) in [5, 5.41) is 6.29. The highest BCUT2D eigenvalue weighted by atomic mass is 32.2. The fourth-order valence-corrected chi connectivity index (χ4v) is 6.01. The van der Waals surface area contributed by atoms with Gasteiger partial charge in [0.2, 0.25) is 0 Å². The average Bonchev–Trinajstić information content (AvgIpc) is 3.24. The molecule has 0 unspecified atom stereocenters. The van der Waals surface area contributed by atoms with Gasteiger partial charge in [0.25, 0.3) is 0 Å². The van der Waals surface area contributed by atoms with E-state index in [1.165, 1.54) is 25.0 Å². The first kappa shape index (κ1) is 19.9. The van der Waals surface area contributed by atoms with Gasteiger partial charge < -0.3 is 20.3 Å². The Bertz CT molecular complexity index is 654. The van der Waals surface area contributed by atoms with Gasteiger partial charge in [-0.2, -0.15) is 11.8 Å². The quantitative estimate of drug-likeness (QED) is 0.790. The number of carbonyl (C=O) groups is 1. The summed E-state index contributed by atoms with van der Waals surface area (Å²) in [6.07, 6.45) is 4.87. The second-order valence-corrected chi connectivity index (χ2v) is 9.10. The molecule has 0 spiro atoms. The zero-order valence-electron chi connectivity index (χ0n) is 16.6. The summed E-state index contributed by atoms with van der Waals surface area (Å²) in [4.78, 5) is 17.7. The van der Waals surface area contributed by atoms with Gasteiger partial charge in [0, 0.05) is 44.0 Å². The smallest absolute Gasteiger partial charge is 0.319 e. The van der Waals surface area contributed by atoms with E-state index in [1.54, 1.807) is 0 Å². The number of morpholine rings is 1. The number of amides is 2. The number of carbonyl (C=O) groups excluding carboxylic acids is 1. The molecule has 6 nitrogen and oxygen atoms in total. The summed E-state index contributed by atoms with van der Waals surface area (Å²) in [5.41, 5.74) is 2.11. The first-order valence-electron chi connectivity index (χ1n) is 10.6. The molecule has 1 atom stereocenters. The number of urea groups is 1.